The third-order valence-corrected chi connectivity index (χ3v) is 7.97. The SMILES string of the molecule is CC.CC(C)c1cc2cc(C(C)(C)C)cc3c4cc(C(C)(C)C)cc5cc(C(C)(C)C)cc(c(c1)c23)c54. The van der Waals surface area contributed by atoms with Crippen molar-refractivity contribution in [2.75, 3.05) is 0 Å². The van der Waals surface area contributed by atoms with Crippen LogP contribution in [-0.2, 0) is 16.2 Å². The predicted octanol–water partition coefficient (Wildman–Crippen LogP) is 11.8. The van der Waals surface area contributed by atoms with E-state index in [4.69, 9.17) is 0 Å². The fourth-order valence-corrected chi connectivity index (χ4v) is 5.54. The van der Waals surface area contributed by atoms with Crippen molar-refractivity contribution in [1.29, 1.82) is 0 Å². The van der Waals surface area contributed by atoms with Crippen molar-refractivity contribution in [3.63, 3.8) is 0 Å². The normalized spacial score (nSPS) is 13.2. The minimum Gasteiger partial charge on any atom is -0.0683 e. The molecule has 5 aromatic rings. The Morgan fingerprint density at radius 3 is 1.03 bits per heavy atom. The van der Waals surface area contributed by atoms with Crippen LogP contribution in [-0.4, -0.2) is 0 Å². The summed E-state index contributed by atoms with van der Waals surface area (Å²) in [5.41, 5.74) is 5.93. The molecule has 0 aliphatic rings. The zero-order valence-corrected chi connectivity index (χ0v) is 25.7. The lowest BCUT2D eigenvalue weighted by Crippen LogP contribution is -2.13. The Kier molecular flexibility index (Phi) is 6.68. The van der Waals surface area contributed by atoms with Gasteiger partial charge in [-0.1, -0.05) is 120 Å². The predicted molar refractivity (Wildman–Crippen MR) is 169 cm³/mol. The van der Waals surface area contributed by atoms with Gasteiger partial charge in [0.25, 0.3) is 0 Å². The zero-order chi connectivity index (χ0) is 27.7. The van der Waals surface area contributed by atoms with Gasteiger partial charge in [0.05, 0.1) is 0 Å². The Hall–Kier alpha value is -2.60. The van der Waals surface area contributed by atoms with Gasteiger partial charge in [-0.25, -0.2) is 0 Å². The molecule has 0 radical (unpaired) electrons. The summed E-state index contributed by atoms with van der Waals surface area (Å²) in [6, 6.07) is 19.8. The summed E-state index contributed by atoms with van der Waals surface area (Å²) in [5, 5.41) is 11.2. The van der Waals surface area contributed by atoms with E-state index in [1.54, 1.807) is 0 Å². The summed E-state index contributed by atoms with van der Waals surface area (Å²) in [4.78, 5) is 0. The monoisotopic (exact) mass is 492 g/mol. The molecule has 0 N–H and O–H groups in total. The largest absolute Gasteiger partial charge is 0.0683 e. The van der Waals surface area contributed by atoms with Crippen molar-refractivity contribution >= 4 is 43.1 Å². The second-order valence-electron chi connectivity index (χ2n) is 14.2. The van der Waals surface area contributed by atoms with Crippen molar-refractivity contribution in [2.45, 2.75) is 112 Å². The van der Waals surface area contributed by atoms with Crippen molar-refractivity contribution < 1.29 is 0 Å². The number of benzene rings is 5. The summed E-state index contributed by atoms with van der Waals surface area (Å²) in [6.07, 6.45) is 0. The summed E-state index contributed by atoms with van der Waals surface area (Å²) in [5.74, 6) is 0.489. The minimum atomic E-state index is 0.0884. The molecule has 0 bridgehead atoms. The molecule has 0 heteroatoms. The van der Waals surface area contributed by atoms with E-state index in [0.717, 1.165) is 0 Å². The number of hydrogen-bond acceptors (Lipinski definition) is 0. The summed E-state index contributed by atoms with van der Waals surface area (Å²) < 4.78 is 0. The molecule has 0 aromatic heterocycles. The van der Waals surface area contributed by atoms with Crippen molar-refractivity contribution in [3.05, 3.63) is 70.8 Å². The van der Waals surface area contributed by atoms with E-state index in [1.165, 1.54) is 65.3 Å². The van der Waals surface area contributed by atoms with E-state index >= 15 is 0 Å². The highest BCUT2D eigenvalue weighted by Gasteiger charge is 2.24. The third-order valence-electron chi connectivity index (χ3n) is 7.97. The van der Waals surface area contributed by atoms with E-state index in [2.05, 4.69) is 125 Å². The molecule has 5 aromatic carbocycles. The Balaban J connectivity index is 0.00000156. The first-order valence-electron chi connectivity index (χ1n) is 14.3. The lowest BCUT2D eigenvalue weighted by atomic mass is 9.77. The lowest BCUT2D eigenvalue weighted by Gasteiger charge is -2.27. The average molecular weight is 493 g/mol. The molecule has 0 aliphatic carbocycles. The molecule has 0 amide bonds. The van der Waals surface area contributed by atoms with Gasteiger partial charge in [0.1, 0.15) is 0 Å². The highest BCUT2D eigenvalue weighted by Crippen LogP contribution is 2.46. The van der Waals surface area contributed by atoms with Crippen LogP contribution in [0.4, 0.5) is 0 Å². The molecular weight excluding hydrogens is 444 g/mol. The van der Waals surface area contributed by atoms with Crippen molar-refractivity contribution in [2.24, 2.45) is 0 Å². The fourth-order valence-electron chi connectivity index (χ4n) is 5.54. The Labute approximate surface area is 225 Å². The van der Waals surface area contributed by atoms with Crippen molar-refractivity contribution in [3.8, 4) is 0 Å². The quantitative estimate of drug-likeness (QED) is 0.161. The smallest absolute Gasteiger partial charge is 0.00260 e. The van der Waals surface area contributed by atoms with Gasteiger partial charge in [-0.05, 0) is 106 Å². The molecule has 0 spiro atoms. The Bertz CT molecular complexity index is 1580. The van der Waals surface area contributed by atoms with Gasteiger partial charge in [0.15, 0.2) is 0 Å². The second-order valence-corrected chi connectivity index (χ2v) is 14.2. The summed E-state index contributed by atoms with van der Waals surface area (Å²) in [7, 11) is 0. The maximum absolute atomic E-state index is 2.49. The molecular formula is C37H48. The van der Waals surface area contributed by atoms with Crippen LogP contribution in [0.2, 0.25) is 0 Å². The van der Waals surface area contributed by atoms with Gasteiger partial charge in [0, 0.05) is 0 Å². The molecule has 5 rings (SSSR count). The number of fused-ring (bicyclic) bond motifs is 2. The molecule has 0 saturated heterocycles. The van der Waals surface area contributed by atoms with Gasteiger partial charge in [-0.15, -0.1) is 0 Å². The molecule has 0 unspecified atom stereocenters. The van der Waals surface area contributed by atoms with Crippen LogP contribution in [0.3, 0.4) is 0 Å². The Morgan fingerprint density at radius 1 is 0.432 bits per heavy atom. The lowest BCUT2D eigenvalue weighted by molar-refractivity contribution is 0.590. The molecule has 37 heavy (non-hydrogen) atoms. The van der Waals surface area contributed by atoms with Crippen LogP contribution in [0.15, 0.2) is 48.5 Å². The van der Waals surface area contributed by atoms with Crippen LogP contribution in [0, 0.1) is 0 Å². The molecule has 0 fully saturated rings. The molecule has 0 atom stereocenters. The highest BCUT2D eigenvalue weighted by atomic mass is 14.3. The number of rotatable bonds is 1. The first kappa shape index (κ1) is 27.4. The van der Waals surface area contributed by atoms with E-state index in [0.29, 0.717) is 5.92 Å². The second kappa shape index (κ2) is 9.00. The van der Waals surface area contributed by atoms with Gasteiger partial charge in [0.2, 0.25) is 0 Å². The van der Waals surface area contributed by atoms with E-state index in [1.807, 2.05) is 13.8 Å². The summed E-state index contributed by atoms with van der Waals surface area (Å²) in [6.45, 7) is 29.6. The minimum absolute atomic E-state index is 0.0884. The first-order valence-corrected chi connectivity index (χ1v) is 14.3. The third kappa shape index (κ3) is 4.73. The zero-order valence-electron chi connectivity index (χ0n) is 25.7. The molecule has 196 valence electrons. The van der Waals surface area contributed by atoms with Gasteiger partial charge in [-0.3, -0.25) is 0 Å². The van der Waals surface area contributed by atoms with Gasteiger partial charge >= 0.3 is 0 Å². The van der Waals surface area contributed by atoms with Crippen molar-refractivity contribution in [1.82, 2.24) is 0 Å². The van der Waals surface area contributed by atoms with Crippen LogP contribution in [0.1, 0.15) is 118 Å². The standard InChI is InChI=1S/C35H42.C2H6/c1-20(2)21-12-22-13-24(33(3,4)5)18-29-30-19-26(35(9,10)11)15-23-14-25(34(6,7)8)17-28(32(23)30)27(16-21)31(22)29;1-2/h12-20H,1-11H3;1-2H3. The number of hydrogen-bond donors (Lipinski definition) is 0. The van der Waals surface area contributed by atoms with E-state index < -0.39 is 0 Å². The van der Waals surface area contributed by atoms with Crippen LogP contribution in [0.25, 0.3) is 43.1 Å². The summed E-state index contributed by atoms with van der Waals surface area (Å²) >= 11 is 0. The topological polar surface area (TPSA) is 0 Å². The first-order chi connectivity index (χ1) is 17.1. The van der Waals surface area contributed by atoms with Gasteiger partial charge < -0.3 is 0 Å². The molecule has 0 nitrogen and oxygen atoms in total. The van der Waals surface area contributed by atoms with E-state index in [-0.39, 0.29) is 16.2 Å². The molecule has 0 aliphatic heterocycles. The van der Waals surface area contributed by atoms with Crippen LogP contribution < -0.4 is 0 Å². The molecule has 0 saturated carbocycles. The highest BCUT2D eigenvalue weighted by molar-refractivity contribution is 6.33. The van der Waals surface area contributed by atoms with Gasteiger partial charge in [-0.2, -0.15) is 0 Å². The van der Waals surface area contributed by atoms with Crippen LogP contribution >= 0.6 is 0 Å². The van der Waals surface area contributed by atoms with Crippen LogP contribution in [0.5, 0.6) is 0 Å². The Morgan fingerprint density at radius 2 is 0.730 bits per heavy atom. The average Bonchev–Trinajstić information content (AvgIpc) is 2.80. The molecule has 0 heterocycles. The van der Waals surface area contributed by atoms with E-state index in [9.17, 15) is 0 Å². The fraction of sp³-hybridized carbons (Fsp3) is 0.459. The maximum Gasteiger partial charge on any atom is -0.00260 e. The maximum atomic E-state index is 2.49.